The molecule has 2 unspecified atom stereocenters. The van der Waals surface area contributed by atoms with Crippen molar-refractivity contribution in [2.24, 2.45) is 11.7 Å². The minimum absolute atomic E-state index is 0.0302. The zero-order valence-electron chi connectivity index (χ0n) is 10.3. The highest BCUT2D eigenvalue weighted by Gasteiger charge is 2.27. The highest BCUT2D eigenvalue weighted by Crippen LogP contribution is 2.24. The molecule has 1 aromatic carbocycles. The average Bonchev–Trinajstić information content (AvgIpc) is 2.30. The number of phenolic OH excluding ortho intramolecular Hbond substituents is 1. The van der Waals surface area contributed by atoms with E-state index < -0.39 is 0 Å². The summed E-state index contributed by atoms with van der Waals surface area (Å²) in [7, 11) is 0. The fourth-order valence-electron chi connectivity index (χ4n) is 2.42. The van der Waals surface area contributed by atoms with Gasteiger partial charge in [0.15, 0.2) is 0 Å². The molecule has 0 radical (unpaired) electrons. The van der Waals surface area contributed by atoms with Crippen LogP contribution in [0.5, 0.6) is 5.75 Å². The molecule has 98 valence electrons. The summed E-state index contributed by atoms with van der Waals surface area (Å²) >= 11 is 2.13. The molecule has 0 saturated carbocycles. The summed E-state index contributed by atoms with van der Waals surface area (Å²) < 4.78 is 0.933. The van der Waals surface area contributed by atoms with E-state index in [0.717, 1.165) is 9.99 Å². The molecule has 1 aliphatic heterocycles. The maximum absolute atomic E-state index is 12.4. The van der Waals surface area contributed by atoms with Gasteiger partial charge in [-0.15, -0.1) is 0 Å². The number of halogens is 1. The number of aromatic hydroxyl groups is 1. The van der Waals surface area contributed by atoms with Crippen LogP contribution in [0.15, 0.2) is 18.2 Å². The highest BCUT2D eigenvalue weighted by atomic mass is 127. The molecule has 1 saturated heterocycles. The fraction of sp³-hybridized carbons (Fsp3) is 0.462. The van der Waals surface area contributed by atoms with E-state index in [1.54, 1.807) is 23.1 Å². The fourth-order valence-corrected chi connectivity index (χ4v) is 2.91. The first-order chi connectivity index (χ1) is 8.47. The molecule has 5 heteroatoms. The van der Waals surface area contributed by atoms with Crippen molar-refractivity contribution in [2.75, 3.05) is 13.1 Å². The average molecular weight is 360 g/mol. The maximum Gasteiger partial charge on any atom is 0.257 e. The molecule has 2 rings (SSSR count). The van der Waals surface area contributed by atoms with Gasteiger partial charge in [0.25, 0.3) is 5.91 Å². The lowest BCUT2D eigenvalue weighted by molar-refractivity contribution is 0.0658. The first-order valence-corrected chi connectivity index (χ1v) is 7.08. The summed E-state index contributed by atoms with van der Waals surface area (Å²) in [5, 5.41) is 9.79. The largest absolute Gasteiger partial charge is 0.507 e. The van der Waals surface area contributed by atoms with Gasteiger partial charge in [0, 0.05) is 22.7 Å². The first kappa shape index (κ1) is 13.6. The molecule has 0 aromatic heterocycles. The number of nitrogens with two attached hydrogens (primary N) is 1. The predicted molar refractivity (Wildman–Crippen MR) is 78.5 cm³/mol. The number of hydrogen-bond acceptors (Lipinski definition) is 3. The smallest absolute Gasteiger partial charge is 0.257 e. The Balaban J connectivity index is 2.22. The molecule has 0 aliphatic carbocycles. The van der Waals surface area contributed by atoms with Gasteiger partial charge in [-0.05, 0) is 53.1 Å². The zero-order chi connectivity index (χ0) is 13.3. The van der Waals surface area contributed by atoms with Crippen molar-refractivity contribution in [2.45, 2.75) is 19.4 Å². The van der Waals surface area contributed by atoms with Crippen LogP contribution in [-0.4, -0.2) is 35.0 Å². The van der Waals surface area contributed by atoms with Crippen LogP contribution in [0, 0.1) is 9.49 Å². The third-order valence-corrected chi connectivity index (χ3v) is 3.84. The topological polar surface area (TPSA) is 66.6 Å². The second kappa shape index (κ2) is 5.44. The molecule has 18 heavy (non-hydrogen) atoms. The van der Waals surface area contributed by atoms with Gasteiger partial charge in [0.05, 0.1) is 5.56 Å². The number of likely N-dealkylation sites (tertiary alicyclic amines) is 1. The summed E-state index contributed by atoms with van der Waals surface area (Å²) in [5.41, 5.74) is 6.31. The number of carbonyl (C=O) groups is 1. The van der Waals surface area contributed by atoms with Crippen LogP contribution in [-0.2, 0) is 0 Å². The van der Waals surface area contributed by atoms with Gasteiger partial charge in [-0.3, -0.25) is 4.79 Å². The summed E-state index contributed by atoms with van der Waals surface area (Å²) in [6, 6.07) is 5.07. The van der Waals surface area contributed by atoms with Crippen LogP contribution in [0.25, 0.3) is 0 Å². The minimum atomic E-state index is -0.131. The Morgan fingerprint density at radius 3 is 2.89 bits per heavy atom. The van der Waals surface area contributed by atoms with Gasteiger partial charge in [-0.25, -0.2) is 0 Å². The molecular weight excluding hydrogens is 343 g/mol. The molecule has 0 spiro atoms. The van der Waals surface area contributed by atoms with Crippen molar-refractivity contribution in [1.29, 1.82) is 0 Å². The van der Waals surface area contributed by atoms with E-state index in [1.165, 1.54) is 0 Å². The van der Waals surface area contributed by atoms with E-state index in [2.05, 4.69) is 29.5 Å². The summed E-state index contributed by atoms with van der Waals surface area (Å²) in [4.78, 5) is 14.1. The normalized spacial score (nSPS) is 24.1. The van der Waals surface area contributed by atoms with E-state index >= 15 is 0 Å². The Kier molecular flexibility index (Phi) is 4.11. The Hall–Kier alpha value is -0.820. The molecule has 0 bridgehead atoms. The van der Waals surface area contributed by atoms with Crippen LogP contribution in [0.1, 0.15) is 23.7 Å². The molecule has 1 fully saturated rings. The van der Waals surface area contributed by atoms with Gasteiger partial charge in [-0.2, -0.15) is 0 Å². The summed E-state index contributed by atoms with van der Waals surface area (Å²) in [5.74, 6) is 0.308. The van der Waals surface area contributed by atoms with Gasteiger partial charge in [0.1, 0.15) is 5.75 Å². The third-order valence-electron chi connectivity index (χ3n) is 3.17. The Labute approximate surface area is 120 Å². The van der Waals surface area contributed by atoms with Gasteiger partial charge >= 0.3 is 0 Å². The van der Waals surface area contributed by atoms with Crippen LogP contribution < -0.4 is 5.73 Å². The van der Waals surface area contributed by atoms with E-state index in [0.29, 0.717) is 24.6 Å². The number of carbonyl (C=O) groups excluding carboxylic acids is 1. The van der Waals surface area contributed by atoms with Crippen molar-refractivity contribution < 1.29 is 9.90 Å². The molecule has 4 nitrogen and oxygen atoms in total. The monoisotopic (exact) mass is 360 g/mol. The molecular formula is C13H17IN2O2. The lowest BCUT2D eigenvalue weighted by atomic mass is 9.96. The number of hydrogen-bond donors (Lipinski definition) is 2. The van der Waals surface area contributed by atoms with Crippen molar-refractivity contribution in [3.8, 4) is 5.75 Å². The van der Waals surface area contributed by atoms with E-state index in [4.69, 9.17) is 5.73 Å². The molecule has 1 amide bonds. The zero-order valence-corrected chi connectivity index (χ0v) is 12.4. The van der Waals surface area contributed by atoms with Crippen molar-refractivity contribution >= 4 is 28.5 Å². The van der Waals surface area contributed by atoms with E-state index in [9.17, 15) is 9.90 Å². The number of nitrogens with zero attached hydrogens (tertiary/aromatic N) is 1. The van der Waals surface area contributed by atoms with Gasteiger partial charge in [-0.1, -0.05) is 6.92 Å². The first-order valence-electron chi connectivity index (χ1n) is 6.00. The standard InChI is InChI=1S/C13H17IN2O2/c1-8-4-10(15)7-16(6-8)13(18)11-5-9(14)2-3-12(11)17/h2-3,5,8,10,17H,4,6-7,15H2,1H3. The lowest BCUT2D eigenvalue weighted by Gasteiger charge is -2.35. The summed E-state index contributed by atoms with van der Waals surface area (Å²) in [6.45, 7) is 3.36. The Morgan fingerprint density at radius 1 is 1.50 bits per heavy atom. The number of rotatable bonds is 1. The lowest BCUT2D eigenvalue weighted by Crippen LogP contribution is -2.48. The molecule has 1 aromatic rings. The van der Waals surface area contributed by atoms with Gasteiger partial charge in [0.2, 0.25) is 0 Å². The predicted octanol–water partition coefficient (Wildman–Crippen LogP) is 1.81. The Morgan fingerprint density at radius 2 is 2.22 bits per heavy atom. The van der Waals surface area contributed by atoms with Crippen molar-refractivity contribution in [3.05, 3.63) is 27.3 Å². The van der Waals surface area contributed by atoms with E-state index in [-0.39, 0.29) is 17.7 Å². The third kappa shape index (κ3) is 2.95. The minimum Gasteiger partial charge on any atom is -0.507 e. The number of piperidine rings is 1. The van der Waals surface area contributed by atoms with Gasteiger partial charge < -0.3 is 15.7 Å². The molecule has 1 heterocycles. The van der Waals surface area contributed by atoms with E-state index in [1.807, 2.05) is 0 Å². The molecule has 3 N–H and O–H groups in total. The summed E-state index contributed by atoms with van der Waals surface area (Å²) in [6.07, 6.45) is 0.947. The second-order valence-electron chi connectivity index (χ2n) is 4.97. The van der Waals surface area contributed by atoms with Crippen LogP contribution in [0.3, 0.4) is 0 Å². The SMILES string of the molecule is CC1CC(N)CN(C(=O)c2cc(I)ccc2O)C1. The number of benzene rings is 1. The van der Waals surface area contributed by atoms with Crippen molar-refractivity contribution in [1.82, 2.24) is 4.90 Å². The maximum atomic E-state index is 12.4. The van der Waals surface area contributed by atoms with Crippen LogP contribution >= 0.6 is 22.6 Å². The molecule has 2 atom stereocenters. The Bertz CT molecular complexity index is 454. The number of phenols is 1. The van der Waals surface area contributed by atoms with Crippen LogP contribution in [0.2, 0.25) is 0 Å². The highest BCUT2D eigenvalue weighted by molar-refractivity contribution is 14.1. The second-order valence-corrected chi connectivity index (χ2v) is 6.22. The quantitative estimate of drug-likeness (QED) is 0.751. The number of amides is 1. The molecule has 1 aliphatic rings. The van der Waals surface area contributed by atoms with Crippen molar-refractivity contribution in [3.63, 3.8) is 0 Å². The van der Waals surface area contributed by atoms with Crippen LogP contribution in [0.4, 0.5) is 0 Å².